The first-order valence-electron chi connectivity index (χ1n) is 7.66. The molecule has 0 amide bonds. The second-order valence-electron chi connectivity index (χ2n) is 6.55. The molecule has 0 bridgehead atoms. The number of hydrogen-bond acceptors (Lipinski definition) is 2. The van der Waals surface area contributed by atoms with E-state index in [4.69, 9.17) is 5.84 Å². The van der Waals surface area contributed by atoms with Crippen LogP contribution in [-0.2, 0) is 5.41 Å². The molecule has 1 aromatic rings. The number of benzene rings is 1. The zero-order valence-electron chi connectivity index (χ0n) is 12.4. The van der Waals surface area contributed by atoms with Gasteiger partial charge in [-0.2, -0.15) is 0 Å². The molecule has 19 heavy (non-hydrogen) atoms. The van der Waals surface area contributed by atoms with Crippen LogP contribution in [0.25, 0.3) is 0 Å². The molecule has 106 valence electrons. The lowest BCUT2D eigenvalue weighted by atomic mass is 9.72. The summed E-state index contributed by atoms with van der Waals surface area (Å²) in [7, 11) is 0. The summed E-state index contributed by atoms with van der Waals surface area (Å²) < 4.78 is 0. The van der Waals surface area contributed by atoms with Crippen LogP contribution >= 0.6 is 0 Å². The Kier molecular flexibility index (Phi) is 5.00. The van der Waals surface area contributed by atoms with Crippen LogP contribution in [0.3, 0.4) is 0 Å². The Balaban J connectivity index is 2.07. The van der Waals surface area contributed by atoms with E-state index in [0.29, 0.717) is 6.04 Å². The molecule has 3 N–H and O–H groups in total. The van der Waals surface area contributed by atoms with Gasteiger partial charge in [-0.25, -0.2) is 0 Å². The maximum atomic E-state index is 5.86. The largest absolute Gasteiger partial charge is 0.271 e. The molecule has 0 aliphatic heterocycles. The van der Waals surface area contributed by atoms with Crippen molar-refractivity contribution in [1.29, 1.82) is 0 Å². The fourth-order valence-electron chi connectivity index (χ4n) is 3.40. The highest BCUT2D eigenvalue weighted by Crippen LogP contribution is 2.34. The van der Waals surface area contributed by atoms with Crippen molar-refractivity contribution in [3.05, 3.63) is 35.9 Å². The molecule has 1 saturated carbocycles. The summed E-state index contributed by atoms with van der Waals surface area (Å²) in [6.07, 6.45) is 8.16. The maximum Gasteiger partial charge on any atom is 0.0304 e. The molecule has 0 radical (unpaired) electrons. The Morgan fingerprint density at radius 3 is 2.37 bits per heavy atom. The van der Waals surface area contributed by atoms with Gasteiger partial charge in [-0.05, 0) is 17.9 Å². The van der Waals surface area contributed by atoms with Gasteiger partial charge >= 0.3 is 0 Å². The lowest BCUT2D eigenvalue weighted by Gasteiger charge is -2.37. The molecule has 1 atom stereocenters. The molecule has 2 rings (SSSR count). The normalized spacial score (nSPS) is 19.3. The SMILES string of the molecule is CC(C)(c1ccccc1)C(CC1CCCCC1)NN. The van der Waals surface area contributed by atoms with Crippen molar-refractivity contribution in [2.75, 3.05) is 0 Å². The highest BCUT2D eigenvalue weighted by atomic mass is 15.2. The minimum atomic E-state index is 0.0768. The van der Waals surface area contributed by atoms with E-state index in [9.17, 15) is 0 Å². The zero-order chi connectivity index (χ0) is 13.7. The molecule has 1 unspecified atom stereocenters. The smallest absolute Gasteiger partial charge is 0.0304 e. The zero-order valence-corrected chi connectivity index (χ0v) is 12.4. The van der Waals surface area contributed by atoms with Gasteiger partial charge in [0.15, 0.2) is 0 Å². The van der Waals surface area contributed by atoms with Crippen LogP contribution in [0.15, 0.2) is 30.3 Å². The fraction of sp³-hybridized carbons (Fsp3) is 0.647. The minimum Gasteiger partial charge on any atom is -0.271 e. The van der Waals surface area contributed by atoms with E-state index in [2.05, 4.69) is 49.6 Å². The molecule has 0 spiro atoms. The Morgan fingerprint density at radius 1 is 1.16 bits per heavy atom. The van der Waals surface area contributed by atoms with Crippen LogP contribution in [0.1, 0.15) is 57.9 Å². The number of nitrogens with one attached hydrogen (secondary N) is 1. The average molecular weight is 260 g/mol. The van der Waals surface area contributed by atoms with Gasteiger partial charge in [-0.15, -0.1) is 0 Å². The number of hydrazine groups is 1. The molecule has 0 heterocycles. The lowest BCUT2D eigenvalue weighted by molar-refractivity contribution is 0.243. The molecule has 2 heteroatoms. The first kappa shape index (κ1) is 14.5. The van der Waals surface area contributed by atoms with Crippen molar-refractivity contribution >= 4 is 0 Å². The predicted octanol–water partition coefficient (Wildman–Crippen LogP) is 3.77. The van der Waals surface area contributed by atoms with E-state index in [0.717, 1.165) is 5.92 Å². The summed E-state index contributed by atoms with van der Waals surface area (Å²) in [6, 6.07) is 11.1. The minimum absolute atomic E-state index is 0.0768. The second kappa shape index (κ2) is 6.53. The molecule has 0 aromatic heterocycles. The highest BCUT2D eigenvalue weighted by Gasteiger charge is 2.32. The monoisotopic (exact) mass is 260 g/mol. The van der Waals surface area contributed by atoms with E-state index >= 15 is 0 Å². The van der Waals surface area contributed by atoms with Crippen LogP contribution in [-0.4, -0.2) is 6.04 Å². The van der Waals surface area contributed by atoms with Crippen LogP contribution < -0.4 is 11.3 Å². The number of hydrogen-bond donors (Lipinski definition) is 2. The predicted molar refractivity (Wildman–Crippen MR) is 81.8 cm³/mol. The summed E-state index contributed by atoms with van der Waals surface area (Å²) in [6.45, 7) is 4.60. The third kappa shape index (κ3) is 3.58. The molecule has 0 saturated heterocycles. The first-order valence-corrected chi connectivity index (χ1v) is 7.66. The highest BCUT2D eigenvalue weighted by molar-refractivity contribution is 5.25. The maximum absolute atomic E-state index is 5.86. The summed E-state index contributed by atoms with van der Waals surface area (Å²) >= 11 is 0. The van der Waals surface area contributed by atoms with E-state index in [1.165, 1.54) is 44.1 Å². The summed E-state index contributed by atoms with van der Waals surface area (Å²) in [4.78, 5) is 0. The van der Waals surface area contributed by atoms with Crippen LogP contribution in [0.4, 0.5) is 0 Å². The Labute approximate surface area is 117 Å². The molecule has 1 aromatic carbocycles. The molecule has 1 aliphatic carbocycles. The lowest BCUT2D eigenvalue weighted by Crippen LogP contribution is -2.49. The molecule has 2 nitrogen and oxygen atoms in total. The van der Waals surface area contributed by atoms with Gasteiger partial charge in [0, 0.05) is 11.5 Å². The Bertz CT molecular complexity index is 366. The molecular formula is C17H28N2. The number of rotatable bonds is 5. The van der Waals surface area contributed by atoms with Gasteiger partial charge in [-0.1, -0.05) is 76.3 Å². The van der Waals surface area contributed by atoms with E-state index in [1.807, 2.05) is 0 Å². The van der Waals surface area contributed by atoms with Crippen molar-refractivity contribution in [2.24, 2.45) is 11.8 Å². The Hall–Kier alpha value is -0.860. The fourth-order valence-corrected chi connectivity index (χ4v) is 3.40. The third-order valence-corrected chi connectivity index (χ3v) is 4.88. The average Bonchev–Trinajstić information content (AvgIpc) is 2.46. The van der Waals surface area contributed by atoms with Crippen LogP contribution in [0.2, 0.25) is 0 Å². The van der Waals surface area contributed by atoms with Gasteiger partial charge in [0.05, 0.1) is 0 Å². The summed E-state index contributed by atoms with van der Waals surface area (Å²) in [5.41, 5.74) is 4.53. The van der Waals surface area contributed by atoms with Gasteiger partial charge in [0.2, 0.25) is 0 Å². The second-order valence-corrected chi connectivity index (χ2v) is 6.55. The van der Waals surface area contributed by atoms with Gasteiger partial charge in [0.25, 0.3) is 0 Å². The van der Waals surface area contributed by atoms with E-state index < -0.39 is 0 Å². The van der Waals surface area contributed by atoms with Gasteiger partial charge in [-0.3, -0.25) is 11.3 Å². The van der Waals surface area contributed by atoms with Crippen LogP contribution in [0, 0.1) is 5.92 Å². The summed E-state index contributed by atoms with van der Waals surface area (Å²) in [5.74, 6) is 6.71. The quantitative estimate of drug-likeness (QED) is 0.625. The van der Waals surface area contributed by atoms with Crippen molar-refractivity contribution in [3.63, 3.8) is 0 Å². The standard InChI is InChI=1S/C17H28N2/c1-17(2,15-11-7-4-8-12-15)16(19-18)13-14-9-5-3-6-10-14/h4,7-8,11-12,14,16,19H,3,5-6,9-10,13,18H2,1-2H3. The summed E-state index contributed by atoms with van der Waals surface area (Å²) in [5, 5.41) is 0. The van der Waals surface area contributed by atoms with E-state index in [-0.39, 0.29) is 5.41 Å². The van der Waals surface area contributed by atoms with E-state index in [1.54, 1.807) is 0 Å². The van der Waals surface area contributed by atoms with Gasteiger partial charge in [0.1, 0.15) is 0 Å². The van der Waals surface area contributed by atoms with Crippen molar-refractivity contribution < 1.29 is 0 Å². The topological polar surface area (TPSA) is 38.0 Å². The third-order valence-electron chi connectivity index (χ3n) is 4.88. The van der Waals surface area contributed by atoms with Crippen molar-refractivity contribution in [2.45, 2.75) is 63.8 Å². The first-order chi connectivity index (χ1) is 9.14. The van der Waals surface area contributed by atoms with Crippen molar-refractivity contribution in [1.82, 2.24) is 5.43 Å². The van der Waals surface area contributed by atoms with Crippen molar-refractivity contribution in [3.8, 4) is 0 Å². The molecular weight excluding hydrogens is 232 g/mol. The van der Waals surface area contributed by atoms with Gasteiger partial charge < -0.3 is 0 Å². The Morgan fingerprint density at radius 2 is 1.79 bits per heavy atom. The molecule has 1 fully saturated rings. The number of nitrogens with two attached hydrogens (primary N) is 1. The van der Waals surface area contributed by atoms with Crippen LogP contribution in [0.5, 0.6) is 0 Å². The molecule has 1 aliphatic rings.